The van der Waals surface area contributed by atoms with E-state index >= 15 is 0 Å². The van der Waals surface area contributed by atoms with Crippen molar-refractivity contribution in [2.75, 3.05) is 6.54 Å². The van der Waals surface area contributed by atoms with Crippen LogP contribution < -0.4 is 5.32 Å². The Bertz CT molecular complexity index is 341. The Kier molecular flexibility index (Phi) is 7.33. The zero-order valence-corrected chi connectivity index (χ0v) is 12.3. The molecule has 1 aromatic rings. The second-order valence-corrected chi connectivity index (χ2v) is 5.28. The predicted octanol–water partition coefficient (Wildman–Crippen LogP) is 4.02. The van der Waals surface area contributed by atoms with Crippen molar-refractivity contribution in [2.24, 2.45) is 0 Å². The number of hydrogen-bond donors (Lipinski definition) is 1. The summed E-state index contributed by atoms with van der Waals surface area (Å²) in [7, 11) is 0. The van der Waals surface area contributed by atoms with Crippen LogP contribution in [-0.4, -0.2) is 18.7 Å². The van der Waals surface area contributed by atoms with Crippen LogP contribution in [0, 0.1) is 0 Å². The van der Waals surface area contributed by atoms with E-state index in [4.69, 9.17) is 16.3 Å². The van der Waals surface area contributed by atoms with Crippen LogP contribution >= 0.6 is 11.6 Å². The molecule has 0 saturated carbocycles. The third-order valence-electron chi connectivity index (χ3n) is 2.80. The molecule has 0 radical (unpaired) electrons. The van der Waals surface area contributed by atoms with Gasteiger partial charge in [-0.1, -0.05) is 57.0 Å². The molecule has 2 nitrogen and oxygen atoms in total. The Morgan fingerprint density at radius 1 is 1.28 bits per heavy atom. The summed E-state index contributed by atoms with van der Waals surface area (Å²) in [4.78, 5) is 0. The summed E-state index contributed by atoms with van der Waals surface area (Å²) in [5, 5.41) is 4.21. The fourth-order valence-corrected chi connectivity index (χ4v) is 1.95. The topological polar surface area (TPSA) is 21.3 Å². The van der Waals surface area contributed by atoms with Crippen LogP contribution in [0.1, 0.15) is 39.2 Å². The molecule has 0 spiro atoms. The van der Waals surface area contributed by atoms with E-state index < -0.39 is 0 Å². The molecule has 3 heteroatoms. The molecule has 0 saturated heterocycles. The van der Waals surface area contributed by atoms with Crippen LogP contribution in [-0.2, 0) is 11.3 Å². The lowest BCUT2D eigenvalue weighted by Gasteiger charge is -2.20. The van der Waals surface area contributed by atoms with Gasteiger partial charge in [-0.05, 0) is 18.1 Å². The van der Waals surface area contributed by atoms with Crippen LogP contribution in [0.4, 0.5) is 0 Å². The van der Waals surface area contributed by atoms with Crippen LogP contribution in [0.3, 0.4) is 0 Å². The number of rotatable bonds is 8. The molecule has 102 valence electrons. The van der Waals surface area contributed by atoms with Crippen LogP contribution in [0.25, 0.3) is 0 Å². The monoisotopic (exact) mass is 269 g/mol. The average molecular weight is 270 g/mol. The first-order chi connectivity index (χ1) is 8.63. The van der Waals surface area contributed by atoms with E-state index in [1.54, 1.807) is 0 Å². The summed E-state index contributed by atoms with van der Waals surface area (Å²) in [5.41, 5.74) is 1.06. The van der Waals surface area contributed by atoms with Crippen molar-refractivity contribution in [2.45, 2.75) is 52.4 Å². The standard InChI is InChI=1S/C15H24ClNO/c1-4-7-14(10-17-12(2)3)18-11-13-8-5-6-9-15(13)16/h5-6,8-9,12,14,17H,4,7,10-11H2,1-3H3. The Morgan fingerprint density at radius 3 is 2.61 bits per heavy atom. The minimum atomic E-state index is 0.258. The first-order valence-electron chi connectivity index (χ1n) is 6.71. The van der Waals surface area contributed by atoms with Crippen LogP contribution in [0.5, 0.6) is 0 Å². The third kappa shape index (κ3) is 5.85. The summed E-state index contributed by atoms with van der Waals surface area (Å²) < 4.78 is 5.95. The fourth-order valence-electron chi connectivity index (χ4n) is 1.76. The van der Waals surface area contributed by atoms with E-state index in [0.29, 0.717) is 12.6 Å². The smallest absolute Gasteiger partial charge is 0.0735 e. The van der Waals surface area contributed by atoms with Gasteiger partial charge in [0.15, 0.2) is 0 Å². The highest BCUT2D eigenvalue weighted by molar-refractivity contribution is 6.31. The maximum Gasteiger partial charge on any atom is 0.0735 e. The fraction of sp³-hybridized carbons (Fsp3) is 0.600. The van der Waals surface area contributed by atoms with Crippen molar-refractivity contribution >= 4 is 11.6 Å². The third-order valence-corrected chi connectivity index (χ3v) is 3.17. The van der Waals surface area contributed by atoms with Gasteiger partial charge in [0.05, 0.1) is 12.7 Å². The molecule has 0 aliphatic heterocycles. The van der Waals surface area contributed by atoms with E-state index in [-0.39, 0.29) is 6.10 Å². The first kappa shape index (κ1) is 15.5. The maximum atomic E-state index is 6.12. The van der Waals surface area contributed by atoms with Gasteiger partial charge in [0.25, 0.3) is 0 Å². The molecule has 1 unspecified atom stereocenters. The number of benzene rings is 1. The lowest BCUT2D eigenvalue weighted by molar-refractivity contribution is 0.0337. The lowest BCUT2D eigenvalue weighted by atomic mass is 10.2. The SMILES string of the molecule is CCCC(CNC(C)C)OCc1ccccc1Cl. The largest absolute Gasteiger partial charge is 0.372 e. The van der Waals surface area contributed by atoms with Crippen LogP contribution in [0.2, 0.25) is 5.02 Å². The Balaban J connectivity index is 2.44. The van der Waals surface area contributed by atoms with Gasteiger partial charge in [-0.3, -0.25) is 0 Å². The highest BCUT2D eigenvalue weighted by Crippen LogP contribution is 2.17. The zero-order chi connectivity index (χ0) is 13.4. The molecule has 0 aliphatic rings. The van der Waals surface area contributed by atoms with Gasteiger partial charge < -0.3 is 10.1 Å². The van der Waals surface area contributed by atoms with Crippen LogP contribution in [0.15, 0.2) is 24.3 Å². The van der Waals surface area contributed by atoms with Gasteiger partial charge in [0.1, 0.15) is 0 Å². The van der Waals surface area contributed by atoms with Gasteiger partial charge in [-0.2, -0.15) is 0 Å². The van der Waals surface area contributed by atoms with E-state index in [1.165, 1.54) is 0 Å². The molecular formula is C15H24ClNO. The highest BCUT2D eigenvalue weighted by Gasteiger charge is 2.09. The summed E-state index contributed by atoms with van der Waals surface area (Å²) >= 11 is 6.12. The molecule has 1 aromatic carbocycles. The summed E-state index contributed by atoms with van der Waals surface area (Å²) in [6.07, 6.45) is 2.46. The second-order valence-electron chi connectivity index (χ2n) is 4.88. The highest BCUT2D eigenvalue weighted by atomic mass is 35.5. The number of nitrogens with one attached hydrogen (secondary N) is 1. The Hall–Kier alpha value is -0.570. The summed E-state index contributed by atoms with van der Waals surface area (Å²) in [6, 6.07) is 8.35. The van der Waals surface area contributed by atoms with Gasteiger partial charge in [-0.25, -0.2) is 0 Å². The summed E-state index contributed by atoms with van der Waals surface area (Å²) in [6.45, 7) is 7.97. The van der Waals surface area contributed by atoms with Gasteiger partial charge in [0.2, 0.25) is 0 Å². The lowest BCUT2D eigenvalue weighted by Crippen LogP contribution is -2.33. The minimum absolute atomic E-state index is 0.258. The van der Waals surface area contributed by atoms with Crippen molar-refractivity contribution in [3.8, 4) is 0 Å². The van der Waals surface area contributed by atoms with Crippen molar-refractivity contribution in [3.63, 3.8) is 0 Å². The quantitative estimate of drug-likeness (QED) is 0.770. The molecule has 1 N–H and O–H groups in total. The summed E-state index contributed by atoms with van der Waals surface area (Å²) in [5.74, 6) is 0. The molecule has 1 atom stereocenters. The molecule has 0 heterocycles. The molecule has 0 amide bonds. The number of hydrogen-bond acceptors (Lipinski definition) is 2. The Labute approximate surface area is 116 Å². The van der Waals surface area contributed by atoms with E-state index in [1.807, 2.05) is 24.3 Å². The normalized spacial score (nSPS) is 12.9. The van der Waals surface area contributed by atoms with Crippen molar-refractivity contribution in [1.29, 1.82) is 0 Å². The van der Waals surface area contributed by atoms with E-state index in [0.717, 1.165) is 30.0 Å². The molecule has 1 rings (SSSR count). The number of ether oxygens (including phenoxy) is 1. The predicted molar refractivity (Wildman–Crippen MR) is 78.1 cm³/mol. The van der Waals surface area contributed by atoms with E-state index in [9.17, 15) is 0 Å². The van der Waals surface area contributed by atoms with Crippen molar-refractivity contribution < 1.29 is 4.74 Å². The minimum Gasteiger partial charge on any atom is -0.372 e. The van der Waals surface area contributed by atoms with Gasteiger partial charge in [0, 0.05) is 17.6 Å². The maximum absolute atomic E-state index is 6.12. The van der Waals surface area contributed by atoms with Crippen molar-refractivity contribution in [3.05, 3.63) is 34.9 Å². The van der Waals surface area contributed by atoms with Gasteiger partial charge in [-0.15, -0.1) is 0 Å². The van der Waals surface area contributed by atoms with Gasteiger partial charge >= 0.3 is 0 Å². The molecule has 18 heavy (non-hydrogen) atoms. The first-order valence-corrected chi connectivity index (χ1v) is 7.09. The van der Waals surface area contributed by atoms with E-state index in [2.05, 4.69) is 26.1 Å². The van der Waals surface area contributed by atoms with Crippen molar-refractivity contribution in [1.82, 2.24) is 5.32 Å². The molecule has 0 fully saturated rings. The molecule has 0 aliphatic carbocycles. The second kappa shape index (κ2) is 8.52. The molecule has 0 aromatic heterocycles. The Morgan fingerprint density at radius 2 is 2.00 bits per heavy atom. The number of halogens is 1. The molecular weight excluding hydrogens is 246 g/mol. The molecule has 0 bridgehead atoms. The average Bonchev–Trinajstić information content (AvgIpc) is 2.34. The zero-order valence-electron chi connectivity index (χ0n) is 11.6.